The number of carbonyl (C=O) groups excluding carboxylic acids is 1. The summed E-state index contributed by atoms with van der Waals surface area (Å²) < 4.78 is 11.1. The van der Waals surface area contributed by atoms with Crippen LogP contribution in [0.15, 0.2) is 58.3 Å². The molecule has 0 bridgehead atoms. The molecule has 32 heavy (non-hydrogen) atoms. The van der Waals surface area contributed by atoms with Gasteiger partial charge in [0.25, 0.3) is 5.91 Å². The van der Waals surface area contributed by atoms with Gasteiger partial charge >= 0.3 is 0 Å². The topological polar surface area (TPSA) is 58.8 Å². The lowest BCUT2D eigenvalue weighted by molar-refractivity contribution is 0.0598. The van der Waals surface area contributed by atoms with Crippen LogP contribution in [-0.2, 0) is 6.54 Å². The van der Waals surface area contributed by atoms with Gasteiger partial charge < -0.3 is 14.1 Å². The Morgan fingerprint density at radius 2 is 1.84 bits per heavy atom. The summed E-state index contributed by atoms with van der Waals surface area (Å²) in [5.74, 6) is 1.29. The lowest BCUT2D eigenvalue weighted by atomic mass is 10.1. The molecule has 1 aliphatic rings. The lowest BCUT2D eigenvalue weighted by Gasteiger charge is -2.34. The normalized spacial score (nSPS) is 14.8. The number of amides is 1. The number of fused-ring (bicyclic) bond motifs is 1. The summed E-state index contributed by atoms with van der Waals surface area (Å²) in [6.45, 7) is 5.76. The van der Waals surface area contributed by atoms with Crippen molar-refractivity contribution in [1.82, 2.24) is 14.8 Å². The van der Waals surface area contributed by atoms with Gasteiger partial charge in [-0.15, -0.1) is 11.3 Å². The number of rotatable bonds is 5. The first kappa shape index (κ1) is 20.7. The predicted molar refractivity (Wildman–Crippen MR) is 126 cm³/mol. The molecular weight excluding hydrogens is 422 g/mol. The number of aromatic nitrogens is 1. The van der Waals surface area contributed by atoms with Crippen LogP contribution in [0.25, 0.3) is 21.5 Å². The van der Waals surface area contributed by atoms with Crippen molar-refractivity contribution in [2.45, 2.75) is 13.5 Å². The van der Waals surface area contributed by atoms with Gasteiger partial charge in [-0.3, -0.25) is 9.69 Å². The van der Waals surface area contributed by atoms with Crippen molar-refractivity contribution in [3.63, 3.8) is 0 Å². The van der Waals surface area contributed by atoms with Crippen molar-refractivity contribution in [3.8, 4) is 16.3 Å². The minimum Gasteiger partial charge on any atom is -0.497 e. The molecule has 4 aromatic rings. The number of nitrogens with zero attached hydrogens (tertiary/aromatic N) is 3. The highest BCUT2D eigenvalue weighted by Gasteiger charge is 2.27. The first-order chi connectivity index (χ1) is 15.6. The summed E-state index contributed by atoms with van der Waals surface area (Å²) >= 11 is 1.66. The molecule has 0 atom stereocenters. The first-order valence-corrected chi connectivity index (χ1v) is 11.6. The smallest absolute Gasteiger partial charge is 0.289 e. The van der Waals surface area contributed by atoms with E-state index in [1.807, 2.05) is 60.4 Å². The van der Waals surface area contributed by atoms with Crippen molar-refractivity contribution < 1.29 is 13.9 Å². The quantitative estimate of drug-likeness (QED) is 0.439. The number of thiazole rings is 1. The van der Waals surface area contributed by atoms with E-state index in [2.05, 4.69) is 10.3 Å². The van der Waals surface area contributed by atoms with E-state index in [1.165, 1.54) is 0 Å². The van der Waals surface area contributed by atoms with Gasteiger partial charge in [-0.2, -0.15) is 0 Å². The number of benzene rings is 2. The van der Waals surface area contributed by atoms with E-state index in [0.29, 0.717) is 18.8 Å². The number of carbonyl (C=O) groups is 1. The first-order valence-electron chi connectivity index (χ1n) is 10.7. The van der Waals surface area contributed by atoms with Gasteiger partial charge in [0.15, 0.2) is 5.76 Å². The number of para-hydroxylation sites is 1. The zero-order valence-corrected chi connectivity index (χ0v) is 19.0. The fraction of sp³-hybridized carbons (Fsp3) is 0.280. The minimum atomic E-state index is -0.0196. The number of furan rings is 1. The number of hydrogen-bond donors (Lipinski definition) is 0. The highest BCUT2D eigenvalue weighted by atomic mass is 32.1. The number of piperazine rings is 1. The Morgan fingerprint density at radius 1 is 1.09 bits per heavy atom. The SMILES string of the molecule is COc1ccc(-c2nc(CN3CCN(C(=O)c4oc5ccccc5c4C)CC3)cs2)cc1. The van der Waals surface area contributed by atoms with Crippen LogP contribution in [0.1, 0.15) is 21.8 Å². The fourth-order valence-electron chi connectivity index (χ4n) is 4.11. The van der Waals surface area contributed by atoms with Crippen molar-refractivity contribution in [2.75, 3.05) is 33.3 Å². The molecule has 2 aromatic heterocycles. The second-order valence-corrected chi connectivity index (χ2v) is 8.85. The number of methoxy groups -OCH3 is 1. The average Bonchev–Trinajstić information content (AvgIpc) is 3.44. The summed E-state index contributed by atoms with van der Waals surface area (Å²) in [5, 5.41) is 4.14. The maximum Gasteiger partial charge on any atom is 0.289 e. The molecule has 0 spiro atoms. The van der Waals surface area contributed by atoms with E-state index in [0.717, 1.165) is 58.2 Å². The molecule has 1 saturated heterocycles. The van der Waals surface area contributed by atoms with E-state index >= 15 is 0 Å². The molecule has 2 aromatic carbocycles. The van der Waals surface area contributed by atoms with Gasteiger partial charge in [0.05, 0.1) is 12.8 Å². The van der Waals surface area contributed by atoms with E-state index in [1.54, 1.807) is 18.4 Å². The lowest BCUT2D eigenvalue weighted by Crippen LogP contribution is -2.48. The summed E-state index contributed by atoms with van der Waals surface area (Å²) in [6.07, 6.45) is 0. The van der Waals surface area contributed by atoms with Gasteiger partial charge in [0.2, 0.25) is 0 Å². The van der Waals surface area contributed by atoms with Crippen LogP contribution in [-0.4, -0.2) is 54.0 Å². The zero-order valence-electron chi connectivity index (χ0n) is 18.2. The standard InChI is InChI=1S/C25H25N3O3S/c1-17-21-5-3-4-6-22(21)31-23(17)25(29)28-13-11-27(12-14-28)15-19-16-32-24(26-19)18-7-9-20(30-2)10-8-18/h3-10,16H,11-15H2,1-2H3. The molecule has 6 nitrogen and oxygen atoms in total. The molecule has 164 valence electrons. The zero-order chi connectivity index (χ0) is 22.1. The molecule has 0 aliphatic carbocycles. The van der Waals surface area contributed by atoms with Crippen LogP contribution in [0.2, 0.25) is 0 Å². The predicted octanol–water partition coefficient (Wildman–Crippen LogP) is 4.83. The Morgan fingerprint density at radius 3 is 2.56 bits per heavy atom. The fourth-order valence-corrected chi connectivity index (χ4v) is 4.92. The van der Waals surface area contributed by atoms with E-state index in [4.69, 9.17) is 14.1 Å². The maximum atomic E-state index is 13.1. The molecule has 1 amide bonds. The Bertz CT molecular complexity index is 1240. The largest absolute Gasteiger partial charge is 0.497 e. The van der Waals surface area contributed by atoms with Crippen molar-refractivity contribution in [2.24, 2.45) is 0 Å². The summed E-state index contributed by atoms with van der Waals surface area (Å²) in [6, 6.07) is 15.8. The highest BCUT2D eigenvalue weighted by molar-refractivity contribution is 7.13. The van der Waals surface area contributed by atoms with Crippen LogP contribution in [0.3, 0.4) is 0 Å². The van der Waals surface area contributed by atoms with Crippen LogP contribution < -0.4 is 4.74 Å². The van der Waals surface area contributed by atoms with Gasteiger partial charge in [0.1, 0.15) is 16.3 Å². The van der Waals surface area contributed by atoms with Crippen LogP contribution in [0.4, 0.5) is 0 Å². The molecule has 5 rings (SSSR count). The van der Waals surface area contributed by atoms with Crippen molar-refractivity contribution in [3.05, 3.63) is 70.9 Å². The highest BCUT2D eigenvalue weighted by Crippen LogP contribution is 2.28. The number of aryl methyl sites for hydroxylation is 1. The van der Waals surface area contributed by atoms with Gasteiger partial charge in [0, 0.05) is 54.6 Å². The number of ether oxygens (including phenoxy) is 1. The maximum absolute atomic E-state index is 13.1. The molecular formula is C25H25N3O3S. The third-order valence-corrected chi connectivity index (χ3v) is 6.91. The molecule has 1 aliphatic heterocycles. The number of hydrogen-bond acceptors (Lipinski definition) is 6. The van der Waals surface area contributed by atoms with Crippen molar-refractivity contribution >= 4 is 28.2 Å². The molecule has 0 saturated carbocycles. The third kappa shape index (κ3) is 4.01. The second kappa shape index (κ2) is 8.76. The molecule has 0 radical (unpaired) electrons. The Balaban J connectivity index is 1.20. The molecule has 0 N–H and O–H groups in total. The van der Waals surface area contributed by atoms with Gasteiger partial charge in [-0.05, 0) is 37.3 Å². The van der Waals surface area contributed by atoms with E-state index in [9.17, 15) is 4.79 Å². The van der Waals surface area contributed by atoms with Crippen LogP contribution >= 0.6 is 11.3 Å². The molecule has 1 fully saturated rings. The third-order valence-electron chi connectivity index (χ3n) is 5.97. The van der Waals surface area contributed by atoms with Crippen LogP contribution in [0.5, 0.6) is 5.75 Å². The van der Waals surface area contributed by atoms with Gasteiger partial charge in [-0.25, -0.2) is 4.98 Å². The monoisotopic (exact) mass is 447 g/mol. The molecule has 7 heteroatoms. The average molecular weight is 448 g/mol. The minimum absolute atomic E-state index is 0.0196. The summed E-state index contributed by atoms with van der Waals surface area (Å²) in [5.41, 5.74) is 3.84. The summed E-state index contributed by atoms with van der Waals surface area (Å²) in [4.78, 5) is 22.1. The Labute approximate surface area is 191 Å². The second-order valence-electron chi connectivity index (χ2n) is 7.99. The molecule has 3 heterocycles. The van der Waals surface area contributed by atoms with E-state index in [-0.39, 0.29) is 5.91 Å². The molecule has 0 unspecified atom stereocenters. The Hall–Kier alpha value is -3.16. The van der Waals surface area contributed by atoms with Gasteiger partial charge in [-0.1, -0.05) is 18.2 Å². The van der Waals surface area contributed by atoms with Crippen molar-refractivity contribution in [1.29, 1.82) is 0 Å². The summed E-state index contributed by atoms with van der Waals surface area (Å²) in [7, 11) is 1.67. The van der Waals surface area contributed by atoms with E-state index < -0.39 is 0 Å². The van der Waals surface area contributed by atoms with Crippen LogP contribution in [0, 0.1) is 6.92 Å². The Kier molecular flexibility index (Phi) is 5.68.